The Morgan fingerprint density at radius 2 is 0.790 bits per heavy atom. The van der Waals surface area contributed by atoms with Crippen LogP contribution in [0.3, 0.4) is 0 Å². The van der Waals surface area contributed by atoms with Gasteiger partial charge < -0.3 is 4.90 Å². The molecule has 62 heavy (non-hydrogen) atoms. The van der Waals surface area contributed by atoms with Gasteiger partial charge in [0.25, 0.3) is 0 Å². The van der Waals surface area contributed by atoms with Crippen molar-refractivity contribution in [2.24, 2.45) is 0 Å². The van der Waals surface area contributed by atoms with Gasteiger partial charge in [-0.2, -0.15) is 0 Å². The average Bonchev–Trinajstić information content (AvgIpc) is 3.57. The summed E-state index contributed by atoms with van der Waals surface area (Å²) < 4.78 is 0. The Labute approximate surface area is 364 Å². The van der Waals surface area contributed by atoms with Gasteiger partial charge in [-0.05, 0) is 131 Å². The summed E-state index contributed by atoms with van der Waals surface area (Å²) in [5.41, 5.74) is 20.6. The molecule has 0 unspecified atom stereocenters. The normalized spacial score (nSPS) is 12.5. The molecule has 1 aliphatic rings. The van der Waals surface area contributed by atoms with Crippen LogP contribution in [-0.4, -0.2) is 0 Å². The lowest BCUT2D eigenvalue weighted by Gasteiger charge is -2.29. The van der Waals surface area contributed by atoms with Crippen LogP contribution in [0.2, 0.25) is 0 Å². The van der Waals surface area contributed by atoms with Crippen molar-refractivity contribution in [1.29, 1.82) is 0 Å². The van der Waals surface area contributed by atoms with Crippen LogP contribution in [0.4, 0.5) is 17.1 Å². The van der Waals surface area contributed by atoms with Crippen molar-refractivity contribution in [3.8, 4) is 66.8 Å². The van der Waals surface area contributed by atoms with Crippen molar-refractivity contribution in [1.82, 2.24) is 0 Å². The van der Waals surface area contributed by atoms with Crippen LogP contribution in [0.25, 0.3) is 77.5 Å². The van der Waals surface area contributed by atoms with Crippen LogP contribution >= 0.6 is 0 Å². The molecule has 1 heteroatoms. The molecule has 0 atom stereocenters. The van der Waals surface area contributed by atoms with Gasteiger partial charge in [-0.15, -0.1) is 0 Å². The van der Waals surface area contributed by atoms with Crippen LogP contribution < -0.4 is 4.90 Å². The van der Waals surface area contributed by atoms with Gasteiger partial charge >= 0.3 is 0 Å². The van der Waals surface area contributed by atoms with E-state index in [9.17, 15) is 0 Å². The molecule has 10 aromatic rings. The van der Waals surface area contributed by atoms with E-state index < -0.39 is 0 Å². The summed E-state index contributed by atoms with van der Waals surface area (Å²) in [6.07, 6.45) is 0. The van der Waals surface area contributed by atoms with Gasteiger partial charge in [-0.1, -0.05) is 208 Å². The Kier molecular flexibility index (Phi) is 9.24. The summed E-state index contributed by atoms with van der Waals surface area (Å²) in [7, 11) is 0. The number of nitrogens with zero attached hydrogens (tertiary/aromatic N) is 1. The van der Waals surface area contributed by atoms with Crippen molar-refractivity contribution in [3.63, 3.8) is 0 Å². The number of hydrogen-bond acceptors (Lipinski definition) is 1. The van der Waals surface area contributed by atoms with E-state index in [0.29, 0.717) is 0 Å². The fraction of sp³-hybridized carbons (Fsp3) is 0.0492. The molecule has 11 rings (SSSR count). The van der Waals surface area contributed by atoms with Gasteiger partial charge in [0.15, 0.2) is 0 Å². The maximum Gasteiger partial charge on any atom is 0.0467 e. The summed E-state index contributed by atoms with van der Waals surface area (Å²) >= 11 is 0. The molecule has 0 aliphatic heterocycles. The summed E-state index contributed by atoms with van der Waals surface area (Å²) in [5.74, 6) is 0. The van der Waals surface area contributed by atoms with Crippen LogP contribution in [0.1, 0.15) is 25.0 Å². The Hall–Kier alpha value is -7.74. The zero-order chi connectivity index (χ0) is 41.6. The van der Waals surface area contributed by atoms with Gasteiger partial charge in [-0.25, -0.2) is 0 Å². The van der Waals surface area contributed by atoms with Crippen molar-refractivity contribution in [2.75, 3.05) is 4.90 Å². The van der Waals surface area contributed by atoms with Crippen molar-refractivity contribution in [3.05, 3.63) is 248 Å². The second-order valence-corrected chi connectivity index (χ2v) is 16.9. The third-order valence-corrected chi connectivity index (χ3v) is 12.9. The largest absolute Gasteiger partial charge is 0.310 e. The first-order valence-corrected chi connectivity index (χ1v) is 21.6. The maximum atomic E-state index is 2.44. The molecule has 294 valence electrons. The van der Waals surface area contributed by atoms with Gasteiger partial charge in [0.05, 0.1) is 0 Å². The summed E-state index contributed by atoms with van der Waals surface area (Å²) in [4.78, 5) is 2.44. The zero-order valence-corrected chi connectivity index (χ0v) is 35.0. The minimum absolute atomic E-state index is 0.131. The SMILES string of the molecule is CC1(C)c2ccccc2-c2ccc(N(c3ccc(-c4ccc5ccccc5c4)cc3)c3cccc(-c4cccc(-c5ccccc5)c4-c4ccccc4-c4ccccc4)c3)cc21. The topological polar surface area (TPSA) is 3.24 Å². The number of fused-ring (bicyclic) bond motifs is 4. The van der Waals surface area contributed by atoms with E-state index in [1.54, 1.807) is 0 Å². The molecule has 0 N–H and O–H groups in total. The van der Waals surface area contributed by atoms with Crippen molar-refractivity contribution < 1.29 is 0 Å². The van der Waals surface area contributed by atoms with E-state index in [2.05, 4.69) is 255 Å². The van der Waals surface area contributed by atoms with Gasteiger partial charge in [-0.3, -0.25) is 0 Å². The minimum atomic E-state index is -0.131. The van der Waals surface area contributed by atoms with E-state index >= 15 is 0 Å². The first kappa shape index (κ1) is 37.3. The molecule has 0 amide bonds. The Morgan fingerprint density at radius 1 is 0.274 bits per heavy atom. The second kappa shape index (κ2) is 15.4. The Bertz CT molecular complexity index is 3250. The molecule has 10 aromatic carbocycles. The molecule has 0 saturated heterocycles. The Balaban J connectivity index is 1.09. The van der Waals surface area contributed by atoms with Crippen molar-refractivity contribution >= 4 is 27.8 Å². The number of rotatable bonds is 8. The maximum absolute atomic E-state index is 2.44. The highest BCUT2D eigenvalue weighted by molar-refractivity contribution is 6.00. The molecule has 1 nitrogen and oxygen atoms in total. The van der Waals surface area contributed by atoms with E-state index in [-0.39, 0.29) is 5.41 Å². The first-order chi connectivity index (χ1) is 30.5. The molecule has 1 aliphatic carbocycles. The van der Waals surface area contributed by atoms with Gasteiger partial charge in [0.1, 0.15) is 0 Å². The lowest BCUT2D eigenvalue weighted by Crippen LogP contribution is -2.16. The molecule has 0 radical (unpaired) electrons. The highest BCUT2D eigenvalue weighted by Crippen LogP contribution is 2.51. The average molecular weight is 792 g/mol. The third kappa shape index (κ3) is 6.51. The number of benzene rings is 10. The molecule has 0 heterocycles. The van der Waals surface area contributed by atoms with Crippen molar-refractivity contribution in [2.45, 2.75) is 19.3 Å². The van der Waals surface area contributed by atoms with Gasteiger partial charge in [0, 0.05) is 22.5 Å². The van der Waals surface area contributed by atoms with Gasteiger partial charge in [0.2, 0.25) is 0 Å². The summed E-state index contributed by atoms with van der Waals surface area (Å²) in [6, 6.07) is 86.7. The molecular weight excluding hydrogens is 747 g/mol. The van der Waals surface area contributed by atoms with Crippen LogP contribution in [0, 0.1) is 0 Å². The van der Waals surface area contributed by atoms with E-state index in [1.165, 1.54) is 83.1 Å². The Morgan fingerprint density at radius 3 is 1.55 bits per heavy atom. The highest BCUT2D eigenvalue weighted by Gasteiger charge is 2.35. The quantitative estimate of drug-likeness (QED) is 0.148. The monoisotopic (exact) mass is 791 g/mol. The number of anilines is 3. The molecule has 0 saturated carbocycles. The van der Waals surface area contributed by atoms with E-state index in [4.69, 9.17) is 0 Å². The van der Waals surface area contributed by atoms with Crippen LogP contribution in [0.15, 0.2) is 237 Å². The minimum Gasteiger partial charge on any atom is -0.310 e. The predicted octanol–water partition coefficient (Wildman–Crippen LogP) is 17.0. The van der Waals surface area contributed by atoms with E-state index in [1.807, 2.05) is 0 Å². The summed E-state index contributed by atoms with van der Waals surface area (Å²) in [5, 5.41) is 2.50. The van der Waals surface area contributed by atoms with Crippen LogP contribution in [0.5, 0.6) is 0 Å². The smallest absolute Gasteiger partial charge is 0.0467 e. The first-order valence-electron chi connectivity index (χ1n) is 21.6. The lowest BCUT2D eigenvalue weighted by molar-refractivity contribution is 0.660. The molecule has 0 spiro atoms. The number of hydrogen-bond donors (Lipinski definition) is 0. The zero-order valence-electron chi connectivity index (χ0n) is 35.0. The third-order valence-electron chi connectivity index (χ3n) is 12.9. The molecule has 0 fully saturated rings. The fourth-order valence-corrected chi connectivity index (χ4v) is 9.77. The molecule has 0 bridgehead atoms. The highest BCUT2D eigenvalue weighted by atomic mass is 15.1. The molecule has 0 aromatic heterocycles. The van der Waals surface area contributed by atoms with Crippen LogP contribution in [-0.2, 0) is 5.41 Å². The lowest BCUT2D eigenvalue weighted by atomic mass is 9.82. The predicted molar refractivity (Wildman–Crippen MR) is 263 cm³/mol. The summed E-state index contributed by atoms with van der Waals surface area (Å²) in [6.45, 7) is 4.72. The molecular formula is C61H45N. The second-order valence-electron chi connectivity index (χ2n) is 16.9. The fourth-order valence-electron chi connectivity index (χ4n) is 9.77. The standard InChI is InChI=1S/C61H45N/c1-61(2)58-30-14-13-26-55(58)56-38-37-51(41-59(56)61)62(49-35-33-43(34-36-49)47-32-31-42-17-9-10-22-46(42)39-47)50-24-15-23-48(40-50)54-29-16-28-53(45-20-7-4-8-21-45)60(54)57-27-12-11-25-52(57)44-18-5-3-6-19-44/h3-41H,1-2H3. The van der Waals surface area contributed by atoms with E-state index in [0.717, 1.165) is 22.6 Å².